The van der Waals surface area contributed by atoms with Gasteiger partial charge < -0.3 is 15.2 Å². The highest BCUT2D eigenvalue weighted by molar-refractivity contribution is 6.04. The number of fused-ring (bicyclic) bond motifs is 1. The lowest BCUT2D eigenvalue weighted by Crippen LogP contribution is -2.15. The molecule has 3 heterocycles. The number of rotatable bonds is 5. The molecular formula is C21H19N7O2. The van der Waals surface area contributed by atoms with E-state index in [1.165, 1.54) is 0 Å². The molecule has 9 nitrogen and oxygen atoms in total. The first-order valence-electron chi connectivity index (χ1n) is 9.76. The van der Waals surface area contributed by atoms with Crippen LogP contribution in [0.4, 0.5) is 17.2 Å². The maximum atomic E-state index is 12.6. The van der Waals surface area contributed by atoms with Crippen LogP contribution in [0.2, 0.25) is 0 Å². The largest absolute Gasteiger partial charge is 0.360 e. The summed E-state index contributed by atoms with van der Waals surface area (Å²) in [5, 5.41) is 22.5. The number of amides is 1. The van der Waals surface area contributed by atoms with Crippen LogP contribution < -0.4 is 10.6 Å². The Bertz CT molecular complexity index is 1150. The van der Waals surface area contributed by atoms with E-state index in [9.17, 15) is 4.79 Å². The summed E-state index contributed by atoms with van der Waals surface area (Å²) in [6.45, 7) is 0. The van der Waals surface area contributed by atoms with Gasteiger partial charge in [-0.15, -0.1) is 10.2 Å². The van der Waals surface area contributed by atoms with Crippen molar-refractivity contribution in [3.8, 4) is 5.82 Å². The van der Waals surface area contributed by atoms with E-state index in [1.807, 2.05) is 42.5 Å². The van der Waals surface area contributed by atoms with E-state index >= 15 is 0 Å². The molecule has 2 N–H and O–H groups in total. The SMILES string of the molecule is O=C(Nc1ccc(Nc2ccc(-n3cccn3)nn2)cc1)c1noc2c1CCCC2. The topological polar surface area (TPSA) is 111 Å². The molecule has 1 aliphatic rings. The van der Waals surface area contributed by atoms with Crippen molar-refractivity contribution < 1.29 is 9.32 Å². The predicted molar refractivity (Wildman–Crippen MR) is 110 cm³/mol. The molecule has 150 valence electrons. The third-order valence-electron chi connectivity index (χ3n) is 4.97. The summed E-state index contributed by atoms with van der Waals surface area (Å²) in [4.78, 5) is 12.6. The van der Waals surface area contributed by atoms with E-state index in [0.717, 1.165) is 42.7 Å². The number of hydrogen-bond donors (Lipinski definition) is 2. The van der Waals surface area contributed by atoms with Crippen LogP contribution in [0, 0.1) is 0 Å². The van der Waals surface area contributed by atoms with E-state index in [1.54, 1.807) is 17.1 Å². The molecule has 4 aromatic rings. The fraction of sp³-hybridized carbons (Fsp3) is 0.190. The molecule has 0 atom stereocenters. The summed E-state index contributed by atoms with van der Waals surface area (Å²) in [6, 6.07) is 12.8. The van der Waals surface area contributed by atoms with Crippen molar-refractivity contribution in [1.82, 2.24) is 25.1 Å². The predicted octanol–water partition coefficient (Wildman–Crippen LogP) is 3.53. The number of hydrogen-bond acceptors (Lipinski definition) is 7. The first-order chi connectivity index (χ1) is 14.8. The van der Waals surface area contributed by atoms with Crippen LogP contribution in [0.1, 0.15) is 34.7 Å². The van der Waals surface area contributed by atoms with Crippen LogP contribution >= 0.6 is 0 Å². The maximum Gasteiger partial charge on any atom is 0.278 e. The molecule has 0 fully saturated rings. The van der Waals surface area contributed by atoms with Gasteiger partial charge in [0.1, 0.15) is 5.76 Å². The van der Waals surface area contributed by atoms with Gasteiger partial charge in [0.2, 0.25) is 0 Å². The average Bonchev–Trinajstić information content (AvgIpc) is 3.46. The summed E-state index contributed by atoms with van der Waals surface area (Å²) < 4.78 is 6.96. The zero-order chi connectivity index (χ0) is 20.3. The van der Waals surface area contributed by atoms with Crippen LogP contribution in [0.3, 0.4) is 0 Å². The zero-order valence-electron chi connectivity index (χ0n) is 16.1. The quantitative estimate of drug-likeness (QED) is 0.526. The van der Waals surface area contributed by atoms with Crippen LogP contribution in [0.25, 0.3) is 5.82 Å². The summed E-state index contributed by atoms with van der Waals surface area (Å²) in [5.41, 5.74) is 2.83. The van der Waals surface area contributed by atoms with Gasteiger partial charge in [-0.1, -0.05) is 5.16 Å². The lowest BCUT2D eigenvalue weighted by atomic mass is 9.96. The number of aryl methyl sites for hydroxylation is 1. The Morgan fingerprint density at radius 3 is 2.60 bits per heavy atom. The minimum atomic E-state index is -0.248. The highest BCUT2D eigenvalue weighted by Crippen LogP contribution is 2.25. The lowest BCUT2D eigenvalue weighted by molar-refractivity contribution is 0.101. The molecule has 0 bridgehead atoms. The minimum absolute atomic E-state index is 0.248. The third-order valence-corrected chi connectivity index (χ3v) is 4.97. The molecule has 0 saturated heterocycles. The summed E-state index contributed by atoms with van der Waals surface area (Å²) in [5.74, 6) is 1.84. The number of aromatic nitrogens is 5. The monoisotopic (exact) mass is 401 g/mol. The number of nitrogens with zero attached hydrogens (tertiary/aromatic N) is 5. The van der Waals surface area contributed by atoms with Crippen molar-refractivity contribution in [3.63, 3.8) is 0 Å². The molecule has 0 unspecified atom stereocenters. The van der Waals surface area contributed by atoms with E-state index in [-0.39, 0.29) is 5.91 Å². The van der Waals surface area contributed by atoms with Crippen molar-refractivity contribution in [2.24, 2.45) is 0 Å². The molecule has 0 aliphatic heterocycles. The molecule has 3 aromatic heterocycles. The Kier molecular flexibility index (Phi) is 4.68. The fourth-order valence-corrected chi connectivity index (χ4v) is 3.46. The number of carbonyl (C=O) groups is 1. The number of carbonyl (C=O) groups excluding carboxylic acids is 1. The van der Waals surface area contributed by atoms with Crippen molar-refractivity contribution in [1.29, 1.82) is 0 Å². The molecule has 5 rings (SSSR count). The maximum absolute atomic E-state index is 12.6. The van der Waals surface area contributed by atoms with Crippen molar-refractivity contribution in [2.75, 3.05) is 10.6 Å². The Morgan fingerprint density at radius 1 is 1.00 bits per heavy atom. The summed E-state index contributed by atoms with van der Waals surface area (Å²) >= 11 is 0. The van der Waals surface area contributed by atoms with E-state index in [2.05, 4.69) is 31.1 Å². The molecule has 0 spiro atoms. The molecule has 0 radical (unpaired) electrons. The molecule has 9 heteroatoms. The van der Waals surface area contributed by atoms with Gasteiger partial charge in [0, 0.05) is 35.8 Å². The second kappa shape index (κ2) is 7.78. The number of benzene rings is 1. The van der Waals surface area contributed by atoms with Crippen LogP contribution in [0.15, 0.2) is 59.4 Å². The average molecular weight is 401 g/mol. The molecule has 1 aromatic carbocycles. The van der Waals surface area contributed by atoms with Crippen molar-refractivity contribution in [2.45, 2.75) is 25.7 Å². The van der Waals surface area contributed by atoms with Crippen LogP contribution in [-0.2, 0) is 12.8 Å². The molecule has 0 saturated carbocycles. The van der Waals surface area contributed by atoms with Gasteiger partial charge in [0.15, 0.2) is 17.3 Å². The molecular weight excluding hydrogens is 382 g/mol. The van der Waals surface area contributed by atoms with Crippen molar-refractivity contribution >= 4 is 23.1 Å². The standard InChI is InChI=1S/C21H19N7O2/c29-21(20-16-4-1-2-5-17(16)30-27-20)24-15-8-6-14(7-9-15)23-18-10-11-19(26-25-18)28-13-3-12-22-28/h3,6-13H,1-2,4-5H2,(H,23,25)(H,24,29). The van der Waals surface area contributed by atoms with Gasteiger partial charge in [-0.05, 0) is 61.7 Å². The molecule has 1 amide bonds. The Labute approximate surface area is 172 Å². The number of nitrogens with one attached hydrogen (secondary N) is 2. The minimum Gasteiger partial charge on any atom is -0.360 e. The van der Waals surface area contributed by atoms with Crippen LogP contribution in [0.5, 0.6) is 0 Å². The Morgan fingerprint density at radius 2 is 1.83 bits per heavy atom. The highest BCUT2D eigenvalue weighted by atomic mass is 16.5. The Balaban J connectivity index is 1.23. The van der Waals surface area contributed by atoms with Gasteiger partial charge in [-0.3, -0.25) is 4.79 Å². The first-order valence-corrected chi connectivity index (χ1v) is 9.76. The fourth-order valence-electron chi connectivity index (χ4n) is 3.46. The third kappa shape index (κ3) is 3.64. The van der Waals surface area contributed by atoms with E-state index < -0.39 is 0 Å². The van der Waals surface area contributed by atoms with Gasteiger partial charge in [0.25, 0.3) is 5.91 Å². The first kappa shape index (κ1) is 18.0. The van der Waals surface area contributed by atoms with E-state index in [0.29, 0.717) is 23.0 Å². The second-order valence-corrected chi connectivity index (χ2v) is 7.02. The van der Waals surface area contributed by atoms with Crippen LogP contribution in [-0.4, -0.2) is 31.0 Å². The van der Waals surface area contributed by atoms with Gasteiger partial charge in [0.05, 0.1) is 0 Å². The smallest absolute Gasteiger partial charge is 0.278 e. The van der Waals surface area contributed by atoms with E-state index in [4.69, 9.17) is 4.52 Å². The normalized spacial score (nSPS) is 12.9. The molecule has 30 heavy (non-hydrogen) atoms. The zero-order valence-corrected chi connectivity index (χ0v) is 16.1. The summed E-state index contributed by atoms with van der Waals surface area (Å²) in [6.07, 6.45) is 7.31. The van der Waals surface area contributed by atoms with Crippen molar-refractivity contribution in [3.05, 3.63) is 71.9 Å². The summed E-state index contributed by atoms with van der Waals surface area (Å²) in [7, 11) is 0. The second-order valence-electron chi connectivity index (χ2n) is 7.02. The van der Waals surface area contributed by atoms with Gasteiger partial charge in [-0.25, -0.2) is 4.68 Å². The van der Waals surface area contributed by atoms with Gasteiger partial charge >= 0.3 is 0 Å². The lowest BCUT2D eigenvalue weighted by Gasteiger charge is -2.10. The molecule has 1 aliphatic carbocycles. The number of anilines is 3. The highest BCUT2D eigenvalue weighted by Gasteiger charge is 2.23. The Hall–Kier alpha value is -4.01. The van der Waals surface area contributed by atoms with Gasteiger partial charge in [-0.2, -0.15) is 5.10 Å².